The van der Waals surface area contributed by atoms with Crippen molar-refractivity contribution in [2.75, 3.05) is 20.3 Å². The first kappa shape index (κ1) is 13.8. The largest absolute Gasteiger partial charge is 0.385 e. The number of carbonyl (C=O) groups excluding carboxylic acids is 1. The molecule has 5 heteroatoms. The zero-order valence-corrected chi connectivity index (χ0v) is 12.0. The van der Waals surface area contributed by atoms with Crippen LogP contribution in [0.15, 0.2) is 29.2 Å². The molecule has 2 heterocycles. The highest BCUT2D eigenvalue weighted by atomic mass is 16.5. The Morgan fingerprint density at radius 2 is 2.29 bits per heavy atom. The Balaban J connectivity index is 1.93. The van der Waals surface area contributed by atoms with Crippen LogP contribution in [-0.2, 0) is 17.7 Å². The van der Waals surface area contributed by atoms with Gasteiger partial charge >= 0.3 is 0 Å². The molecular weight excluding hydrogens is 268 g/mol. The summed E-state index contributed by atoms with van der Waals surface area (Å²) in [5, 5.41) is 3.41. The smallest absolute Gasteiger partial charge is 0.256 e. The summed E-state index contributed by atoms with van der Waals surface area (Å²) in [6.07, 6.45) is 3.33. The van der Waals surface area contributed by atoms with Crippen molar-refractivity contribution in [1.82, 2.24) is 9.88 Å². The van der Waals surface area contributed by atoms with Gasteiger partial charge in [0.25, 0.3) is 5.91 Å². The Morgan fingerprint density at radius 3 is 3.10 bits per heavy atom. The quantitative estimate of drug-likeness (QED) is 0.843. The predicted molar refractivity (Wildman–Crippen MR) is 80.7 cm³/mol. The second-order valence-electron chi connectivity index (χ2n) is 5.23. The van der Waals surface area contributed by atoms with Crippen molar-refractivity contribution in [2.24, 2.45) is 0 Å². The fraction of sp³-hybridized carbons (Fsp3) is 0.375. The Labute approximate surface area is 122 Å². The topological polar surface area (TPSA) is 60.3 Å². The van der Waals surface area contributed by atoms with E-state index in [1.54, 1.807) is 19.4 Å². The van der Waals surface area contributed by atoms with Gasteiger partial charge in [-0.3, -0.25) is 9.59 Å². The van der Waals surface area contributed by atoms with Crippen LogP contribution in [-0.4, -0.2) is 30.7 Å². The molecule has 0 spiro atoms. The van der Waals surface area contributed by atoms with Crippen LogP contribution in [0.4, 0.5) is 0 Å². The number of carbonyl (C=O) groups is 1. The minimum atomic E-state index is -0.306. The van der Waals surface area contributed by atoms with E-state index in [0.29, 0.717) is 18.5 Å². The average molecular weight is 286 g/mol. The van der Waals surface area contributed by atoms with E-state index in [9.17, 15) is 9.59 Å². The van der Waals surface area contributed by atoms with E-state index in [4.69, 9.17) is 4.74 Å². The summed E-state index contributed by atoms with van der Waals surface area (Å²) in [5.74, 6) is -0.306. The van der Waals surface area contributed by atoms with Crippen LogP contribution in [0.3, 0.4) is 0 Å². The lowest BCUT2D eigenvalue weighted by Gasteiger charge is -2.09. The van der Waals surface area contributed by atoms with E-state index in [1.165, 1.54) is 5.56 Å². The highest BCUT2D eigenvalue weighted by molar-refractivity contribution is 5.98. The third-order valence-electron chi connectivity index (χ3n) is 3.86. The molecule has 0 aliphatic carbocycles. The number of pyridine rings is 1. The van der Waals surface area contributed by atoms with Crippen LogP contribution in [0, 0.1) is 0 Å². The molecule has 2 aromatic rings. The molecular formula is C16H18N2O3. The molecule has 0 fully saturated rings. The number of hydrogen-bond acceptors (Lipinski definition) is 3. The number of ether oxygens (including phenoxy) is 1. The molecule has 5 nitrogen and oxygen atoms in total. The highest BCUT2D eigenvalue weighted by Gasteiger charge is 2.19. The molecule has 0 saturated carbocycles. The van der Waals surface area contributed by atoms with Gasteiger partial charge in [0.15, 0.2) is 0 Å². The maximum atomic E-state index is 12.5. The van der Waals surface area contributed by atoms with Crippen molar-refractivity contribution in [2.45, 2.75) is 19.4 Å². The first-order chi connectivity index (χ1) is 10.2. The van der Waals surface area contributed by atoms with Gasteiger partial charge in [-0.15, -0.1) is 0 Å². The molecule has 1 aliphatic rings. The van der Waals surface area contributed by atoms with Crippen molar-refractivity contribution >= 4 is 16.8 Å². The van der Waals surface area contributed by atoms with E-state index < -0.39 is 0 Å². The maximum absolute atomic E-state index is 12.5. The number of benzene rings is 1. The van der Waals surface area contributed by atoms with Gasteiger partial charge in [0.05, 0.1) is 5.52 Å². The number of hydrogen-bond donors (Lipinski definition) is 1. The number of nitrogens with zero attached hydrogens (tertiary/aromatic N) is 1. The number of methoxy groups -OCH3 is 1. The van der Waals surface area contributed by atoms with E-state index in [0.717, 1.165) is 24.9 Å². The number of para-hydroxylation sites is 1. The van der Waals surface area contributed by atoms with Gasteiger partial charge in [-0.2, -0.15) is 0 Å². The van der Waals surface area contributed by atoms with Gasteiger partial charge in [0, 0.05) is 38.4 Å². The second kappa shape index (κ2) is 5.69. The standard InChI is InChI=1S/C16H18N2O3/c1-21-9-3-7-17-16(20)13-10-18-8-6-11-4-2-5-12(14(11)18)15(13)19/h2,4-5,10H,3,6-9H2,1H3,(H,17,20). The van der Waals surface area contributed by atoms with Crippen LogP contribution < -0.4 is 10.7 Å². The van der Waals surface area contributed by atoms with Crippen LogP contribution in [0.25, 0.3) is 10.9 Å². The zero-order valence-electron chi connectivity index (χ0n) is 12.0. The maximum Gasteiger partial charge on any atom is 0.256 e. The summed E-state index contributed by atoms with van der Waals surface area (Å²) in [6.45, 7) is 1.91. The fourth-order valence-corrected chi connectivity index (χ4v) is 2.83. The summed E-state index contributed by atoms with van der Waals surface area (Å²) in [7, 11) is 1.62. The minimum Gasteiger partial charge on any atom is -0.385 e. The molecule has 1 aliphatic heterocycles. The monoisotopic (exact) mass is 286 g/mol. The fourth-order valence-electron chi connectivity index (χ4n) is 2.83. The summed E-state index contributed by atoms with van der Waals surface area (Å²) >= 11 is 0. The lowest BCUT2D eigenvalue weighted by Crippen LogP contribution is -2.30. The van der Waals surface area contributed by atoms with Gasteiger partial charge in [0.2, 0.25) is 5.43 Å². The van der Waals surface area contributed by atoms with Gasteiger partial charge < -0.3 is 14.6 Å². The third-order valence-corrected chi connectivity index (χ3v) is 3.86. The van der Waals surface area contributed by atoms with Gasteiger partial charge in [-0.1, -0.05) is 12.1 Å². The van der Waals surface area contributed by atoms with Crippen molar-refractivity contribution < 1.29 is 9.53 Å². The molecule has 0 unspecified atom stereocenters. The van der Waals surface area contributed by atoms with Gasteiger partial charge in [0.1, 0.15) is 5.56 Å². The van der Waals surface area contributed by atoms with Gasteiger partial charge in [-0.25, -0.2) is 0 Å². The van der Waals surface area contributed by atoms with E-state index in [1.807, 2.05) is 16.7 Å². The average Bonchev–Trinajstić information content (AvgIpc) is 2.91. The molecule has 0 radical (unpaired) electrons. The zero-order chi connectivity index (χ0) is 14.8. The van der Waals surface area contributed by atoms with Gasteiger partial charge in [-0.05, 0) is 24.5 Å². The highest BCUT2D eigenvalue weighted by Crippen LogP contribution is 2.23. The molecule has 0 saturated heterocycles. The first-order valence-corrected chi connectivity index (χ1v) is 7.14. The summed E-state index contributed by atoms with van der Waals surface area (Å²) in [6, 6.07) is 5.72. The second-order valence-corrected chi connectivity index (χ2v) is 5.23. The van der Waals surface area contributed by atoms with Crippen LogP contribution in [0.5, 0.6) is 0 Å². The Kier molecular flexibility index (Phi) is 3.75. The predicted octanol–water partition coefficient (Wildman–Crippen LogP) is 1.32. The van der Waals surface area contributed by atoms with Crippen molar-refractivity contribution in [3.8, 4) is 0 Å². The minimum absolute atomic E-state index is 0.186. The number of nitrogens with one attached hydrogen (secondary N) is 1. The van der Waals surface area contributed by atoms with Crippen molar-refractivity contribution in [1.29, 1.82) is 0 Å². The third kappa shape index (κ3) is 2.45. The van der Waals surface area contributed by atoms with Crippen molar-refractivity contribution in [3.05, 3.63) is 45.7 Å². The van der Waals surface area contributed by atoms with E-state index in [-0.39, 0.29) is 16.9 Å². The number of aromatic nitrogens is 1. The molecule has 0 bridgehead atoms. The van der Waals surface area contributed by atoms with Crippen LogP contribution in [0.2, 0.25) is 0 Å². The molecule has 3 rings (SSSR count). The molecule has 1 aromatic carbocycles. The van der Waals surface area contributed by atoms with Crippen LogP contribution in [0.1, 0.15) is 22.3 Å². The summed E-state index contributed by atoms with van der Waals surface area (Å²) in [4.78, 5) is 24.7. The lowest BCUT2D eigenvalue weighted by molar-refractivity contribution is 0.0947. The van der Waals surface area contributed by atoms with E-state index >= 15 is 0 Å². The Bertz CT molecular complexity index is 749. The first-order valence-electron chi connectivity index (χ1n) is 7.14. The van der Waals surface area contributed by atoms with Crippen LogP contribution >= 0.6 is 0 Å². The SMILES string of the molecule is COCCCNC(=O)c1cn2c3c(cccc3c1=O)CC2. The Hall–Kier alpha value is -2.14. The molecule has 0 atom stereocenters. The molecule has 1 aromatic heterocycles. The summed E-state index contributed by atoms with van der Waals surface area (Å²) < 4.78 is 6.95. The summed E-state index contributed by atoms with van der Waals surface area (Å²) in [5.41, 5.74) is 2.18. The Morgan fingerprint density at radius 1 is 1.43 bits per heavy atom. The van der Waals surface area contributed by atoms with E-state index in [2.05, 4.69) is 5.32 Å². The normalized spacial score (nSPS) is 12.8. The molecule has 1 N–H and O–H groups in total. The van der Waals surface area contributed by atoms with Crippen molar-refractivity contribution in [3.63, 3.8) is 0 Å². The number of rotatable bonds is 5. The molecule has 21 heavy (non-hydrogen) atoms. The lowest BCUT2D eigenvalue weighted by atomic mass is 10.1. The number of amides is 1. The molecule has 1 amide bonds. The molecule has 110 valence electrons. The number of aryl methyl sites for hydroxylation is 2.